The van der Waals surface area contributed by atoms with E-state index in [4.69, 9.17) is 11.6 Å². The Morgan fingerprint density at radius 2 is 1.92 bits per heavy atom. The fourth-order valence-electron chi connectivity index (χ4n) is 2.51. The van der Waals surface area contributed by atoms with Gasteiger partial charge in [0.2, 0.25) is 5.91 Å². The number of benzene rings is 1. The largest absolute Gasteiger partial charge is 0.325 e. The van der Waals surface area contributed by atoms with Crippen LogP contribution in [-0.4, -0.2) is 34.8 Å². The first-order valence-electron chi connectivity index (χ1n) is 7.91. The van der Waals surface area contributed by atoms with E-state index in [1.165, 1.54) is 0 Å². The summed E-state index contributed by atoms with van der Waals surface area (Å²) in [6.45, 7) is 5.50. The number of carbonyl (C=O) groups is 3. The van der Waals surface area contributed by atoms with Crippen LogP contribution in [0.2, 0.25) is 5.02 Å². The SMILES string of the molecule is CC(C)CC[C@@]1(C)NC(=O)N(CC(=O)Nc2ccc(Cl)cc2)C1=O. The van der Waals surface area contributed by atoms with E-state index in [0.717, 1.165) is 11.3 Å². The van der Waals surface area contributed by atoms with E-state index in [0.29, 0.717) is 23.0 Å². The second-order valence-corrected chi connectivity index (χ2v) is 7.08. The van der Waals surface area contributed by atoms with Gasteiger partial charge in [0.25, 0.3) is 5.91 Å². The molecule has 1 heterocycles. The van der Waals surface area contributed by atoms with Gasteiger partial charge in [-0.1, -0.05) is 25.4 Å². The predicted octanol–water partition coefficient (Wildman–Crippen LogP) is 3.03. The third-order valence-electron chi connectivity index (χ3n) is 4.00. The number of hydrogen-bond donors (Lipinski definition) is 2. The molecule has 0 bridgehead atoms. The molecule has 1 fully saturated rings. The number of nitrogens with one attached hydrogen (secondary N) is 2. The lowest BCUT2D eigenvalue weighted by atomic mass is 9.92. The molecule has 1 atom stereocenters. The highest BCUT2D eigenvalue weighted by molar-refractivity contribution is 6.30. The predicted molar refractivity (Wildman–Crippen MR) is 92.8 cm³/mol. The van der Waals surface area contributed by atoms with Gasteiger partial charge in [-0.15, -0.1) is 0 Å². The number of halogens is 1. The first kappa shape index (κ1) is 18.3. The molecule has 130 valence electrons. The number of carbonyl (C=O) groups excluding carboxylic acids is 3. The first-order chi connectivity index (χ1) is 11.2. The van der Waals surface area contributed by atoms with Crippen LogP contribution >= 0.6 is 11.6 Å². The molecule has 24 heavy (non-hydrogen) atoms. The van der Waals surface area contributed by atoms with Gasteiger partial charge in [-0.05, 0) is 49.9 Å². The molecule has 0 saturated carbocycles. The van der Waals surface area contributed by atoms with Crippen LogP contribution in [0.1, 0.15) is 33.6 Å². The summed E-state index contributed by atoms with van der Waals surface area (Å²) < 4.78 is 0. The topological polar surface area (TPSA) is 78.5 Å². The summed E-state index contributed by atoms with van der Waals surface area (Å²) in [4.78, 5) is 37.7. The minimum absolute atomic E-state index is 0.315. The van der Waals surface area contributed by atoms with Crippen molar-refractivity contribution in [3.05, 3.63) is 29.3 Å². The zero-order valence-corrected chi connectivity index (χ0v) is 14.8. The number of urea groups is 1. The number of rotatable bonds is 6. The van der Waals surface area contributed by atoms with Gasteiger partial charge >= 0.3 is 6.03 Å². The normalized spacial score (nSPS) is 20.5. The van der Waals surface area contributed by atoms with Crippen molar-refractivity contribution in [3.63, 3.8) is 0 Å². The summed E-state index contributed by atoms with van der Waals surface area (Å²) in [6.07, 6.45) is 1.36. The highest BCUT2D eigenvalue weighted by Gasteiger charge is 2.47. The van der Waals surface area contributed by atoms with Gasteiger partial charge in [0.05, 0.1) is 0 Å². The molecule has 1 saturated heterocycles. The van der Waals surface area contributed by atoms with E-state index >= 15 is 0 Å². The quantitative estimate of drug-likeness (QED) is 0.773. The van der Waals surface area contributed by atoms with Gasteiger partial charge in [-0.2, -0.15) is 0 Å². The molecule has 2 N–H and O–H groups in total. The smallest absolute Gasteiger partial charge is 0.325 e. The van der Waals surface area contributed by atoms with Crippen LogP contribution in [-0.2, 0) is 9.59 Å². The summed E-state index contributed by atoms with van der Waals surface area (Å²) in [5.41, 5.74) is -0.388. The van der Waals surface area contributed by atoms with Gasteiger partial charge in [0, 0.05) is 10.7 Å². The van der Waals surface area contributed by atoms with E-state index in [1.54, 1.807) is 31.2 Å². The van der Waals surface area contributed by atoms with Crippen molar-refractivity contribution in [2.45, 2.75) is 39.2 Å². The third-order valence-corrected chi connectivity index (χ3v) is 4.25. The molecular weight excluding hydrogens is 330 g/mol. The molecule has 1 aliphatic rings. The number of nitrogens with zero attached hydrogens (tertiary/aromatic N) is 1. The van der Waals surface area contributed by atoms with Crippen molar-refractivity contribution in [1.29, 1.82) is 0 Å². The van der Waals surface area contributed by atoms with E-state index in [2.05, 4.69) is 24.5 Å². The molecule has 0 aliphatic carbocycles. The van der Waals surface area contributed by atoms with Crippen LogP contribution in [0.3, 0.4) is 0 Å². The van der Waals surface area contributed by atoms with Gasteiger partial charge in [0.15, 0.2) is 0 Å². The molecule has 1 aromatic rings. The second kappa shape index (κ2) is 7.21. The minimum Gasteiger partial charge on any atom is -0.325 e. The van der Waals surface area contributed by atoms with Crippen LogP contribution in [0.5, 0.6) is 0 Å². The maximum atomic E-state index is 12.5. The molecule has 0 aromatic heterocycles. The van der Waals surface area contributed by atoms with E-state index in [9.17, 15) is 14.4 Å². The Morgan fingerprint density at radius 1 is 1.29 bits per heavy atom. The Labute approximate surface area is 146 Å². The van der Waals surface area contributed by atoms with Crippen LogP contribution < -0.4 is 10.6 Å². The molecule has 6 nitrogen and oxygen atoms in total. The van der Waals surface area contributed by atoms with Crippen LogP contribution in [0.4, 0.5) is 10.5 Å². The van der Waals surface area contributed by atoms with Crippen molar-refractivity contribution in [1.82, 2.24) is 10.2 Å². The van der Waals surface area contributed by atoms with Gasteiger partial charge in [-0.3, -0.25) is 14.5 Å². The fraction of sp³-hybridized carbons (Fsp3) is 0.471. The lowest BCUT2D eigenvalue weighted by molar-refractivity contribution is -0.133. The van der Waals surface area contributed by atoms with Gasteiger partial charge < -0.3 is 10.6 Å². The number of hydrogen-bond acceptors (Lipinski definition) is 3. The fourth-order valence-corrected chi connectivity index (χ4v) is 2.64. The highest BCUT2D eigenvalue weighted by Crippen LogP contribution is 2.24. The molecule has 1 aromatic carbocycles. The number of anilines is 1. The summed E-state index contributed by atoms with van der Waals surface area (Å²) in [7, 11) is 0. The molecular formula is C17H22ClN3O3. The van der Waals surface area contributed by atoms with Gasteiger partial charge in [0.1, 0.15) is 12.1 Å². The third kappa shape index (κ3) is 4.26. The summed E-state index contributed by atoms with van der Waals surface area (Å²) in [5.74, 6) is -0.373. The Kier molecular flexibility index (Phi) is 5.49. The molecule has 4 amide bonds. The molecule has 0 spiro atoms. The standard InChI is InChI=1S/C17H22ClN3O3/c1-11(2)8-9-17(3)15(23)21(16(24)20-17)10-14(22)19-13-6-4-12(18)5-7-13/h4-7,11H,8-10H2,1-3H3,(H,19,22)(H,20,24)/t17-/m1/s1. The summed E-state index contributed by atoms with van der Waals surface area (Å²) >= 11 is 5.79. The molecule has 1 aliphatic heterocycles. The lowest BCUT2D eigenvalue weighted by Crippen LogP contribution is -2.44. The van der Waals surface area contributed by atoms with Crippen LogP contribution in [0.25, 0.3) is 0 Å². The first-order valence-corrected chi connectivity index (χ1v) is 8.28. The Balaban J connectivity index is 1.98. The van der Waals surface area contributed by atoms with E-state index in [1.807, 2.05) is 0 Å². The Hall–Kier alpha value is -2.08. The molecule has 0 radical (unpaired) electrons. The van der Waals surface area contributed by atoms with E-state index in [-0.39, 0.29) is 12.5 Å². The lowest BCUT2D eigenvalue weighted by Gasteiger charge is -2.22. The minimum atomic E-state index is -0.943. The number of imide groups is 1. The van der Waals surface area contributed by atoms with Gasteiger partial charge in [-0.25, -0.2) is 4.79 Å². The molecule has 2 rings (SSSR count). The average molecular weight is 352 g/mol. The van der Waals surface area contributed by atoms with Crippen molar-refractivity contribution >= 4 is 35.1 Å². The van der Waals surface area contributed by atoms with Crippen LogP contribution in [0, 0.1) is 5.92 Å². The van der Waals surface area contributed by atoms with Crippen molar-refractivity contribution in [3.8, 4) is 0 Å². The highest BCUT2D eigenvalue weighted by atomic mass is 35.5. The molecule has 0 unspecified atom stereocenters. The Morgan fingerprint density at radius 3 is 2.50 bits per heavy atom. The van der Waals surface area contributed by atoms with Crippen molar-refractivity contribution < 1.29 is 14.4 Å². The van der Waals surface area contributed by atoms with Crippen molar-refractivity contribution in [2.75, 3.05) is 11.9 Å². The zero-order chi connectivity index (χ0) is 17.9. The zero-order valence-electron chi connectivity index (χ0n) is 14.1. The maximum absolute atomic E-state index is 12.5. The Bertz CT molecular complexity index is 645. The monoisotopic (exact) mass is 351 g/mol. The van der Waals surface area contributed by atoms with E-state index < -0.39 is 17.5 Å². The maximum Gasteiger partial charge on any atom is 0.325 e. The second-order valence-electron chi connectivity index (χ2n) is 6.64. The average Bonchev–Trinajstić information content (AvgIpc) is 2.72. The number of amides is 4. The molecule has 7 heteroatoms. The summed E-state index contributed by atoms with van der Waals surface area (Å²) in [5, 5.41) is 5.90. The summed E-state index contributed by atoms with van der Waals surface area (Å²) in [6, 6.07) is 6.07. The van der Waals surface area contributed by atoms with Crippen LogP contribution in [0.15, 0.2) is 24.3 Å². The van der Waals surface area contributed by atoms with Crippen molar-refractivity contribution in [2.24, 2.45) is 5.92 Å².